The fraction of sp³-hybridized carbons (Fsp3) is 0.368. The first-order valence-corrected chi connectivity index (χ1v) is 10.5. The van der Waals surface area contributed by atoms with Crippen LogP contribution in [0.4, 0.5) is 0 Å². The molecule has 1 N–H and O–H groups in total. The van der Waals surface area contributed by atoms with Crippen molar-refractivity contribution >= 4 is 39.9 Å². The number of carbonyl (C=O) groups is 1. The molecule has 0 bridgehead atoms. The Kier molecular flexibility index (Phi) is 4.67. The molecule has 5 nitrogen and oxygen atoms in total. The molecular formula is C19H19N3O2S2. The van der Waals surface area contributed by atoms with Crippen LogP contribution in [0.25, 0.3) is 21.5 Å². The normalized spacial score (nSPS) is 15.2. The predicted octanol–water partition coefficient (Wildman–Crippen LogP) is 4.46. The number of nitrogens with zero attached hydrogens (tertiary/aromatic N) is 2. The number of thioether (sulfide) groups is 1. The van der Waals surface area contributed by atoms with Gasteiger partial charge < -0.3 is 4.98 Å². The Hall–Kier alpha value is -1.99. The first-order chi connectivity index (χ1) is 12.6. The van der Waals surface area contributed by atoms with Gasteiger partial charge in [-0.3, -0.25) is 9.59 Å². The van der Waals surface area contributed by atoms with E-state index in [2.05, 4.69) is 28.8 Å². The van der Waals surface area contributed by atoms with Gasteiger partial charge in [0.05, 0.1) is 11.1 Å². The average Bonchev–Trinajstić information content (AvgIpc) is 3.14. The molecule has 0 aromatic carbocycles. The van der Waals surface area contributed by atoms with Gasteiger partial charge in [0.15, 0.2) is 16.6 Å². The summed E-state index contributed by atoms with van der Waals surface area (Å²) in [5, 5.41) is 3.32. The summed E-state index contributed by atoms with van der Waals surface area (Å²) in [4.78, 5) is 38.6. The molecule has 3 aromatic rings. The highest BCUT2D eigenvalue weighted by Gasteiger charge is 2.27. The smallest absolute Gasteiger partial charge is 0.261 e. The molecule has 0 saturated heterocycles. The van der Waals surface area contributed by atoms with E-state index in [1.807, 2.05) is 17.5 Å². The summed E-state index contributed by atoms with van der Waals surface area (Å²) in [5.74, 6) is 0.0708. The van der Waals surface area contributed by atoms with Crippen LogP contribution in [0.3, 0.4) is 0 Å². The van der Waals surface area contributed by atoms with Gasteiger partial charge in [-0.2, -0.15) is 0 Å². The molecule has 0 amide bonds. The number of ketones is 1. The van der Waals surface area contributed by atoms with E-state index in [1.165, 1.54) is 11.3 Å². The predicted molar refractivity (Wildman–Crippen MR) is 106 cm³/mol. The van der Waals surface area contributed by atoms with E-state index in [9.17, 15) is 9.59 Å². The van der Waals surface area contributed by atoms with Crippen molar-refractivity contribution in [2.24, 2.45) is 0 Å². The lowest BCUT2D eigenvalue weighted by Gasteiger charge is -2.19. The Bertz CT molecular complexity index is 1040. The summed E-state index contributed by atoms with van der Waals surface area (Å²) < 4.78 is 0. The number of carbonyl (C=O) groups excluding carboxylic acids is 1. The molecule has 0 saturated carbocycles. The minimum absolute atomic E-state index is 0.0708. The number of hydrogen-bond acceptors (Lipinski definition) is 6. The third-order valence-electron chi connectivity index (χ3n) is 4.66. The van der Waals surface area contributed by atoms with E-state index in [1.54, 1.807) is 11.8 Å². The van der Waals surface area contributed by atoms with Crippen molar-refractivity contribution in [3.05, 3.63) is 39.1 Å². The van der Waals surface area contributed by atoms with Gasteiger partial charge in [0.25, 0.3) is 5.56 Å². The van der Waals surface area contributed by atoms with Gasteiger partial charge in [0.2, 0.25) is 0 Å². The second-order valence-corrected chi connectivity index (χ2v) is 8.84. The molecule has 0 fully saturated rings. The van der Waals surface area contributed by atoms with Crippen LogP contribution in [0.5, 0.6) is 0 Å². The SMILES string of the molecule is CCC(C)Sc1nc2nc3c(c(-c4cccs4)c2c(=O)[nH]1)C(=O)CCC3. The largest absolute Gasteiger partial charge is 0.301 e. The topological polar surface area (TPSA) is 75.7 Å². The van der Waals surface area contributed by atoms with Crippen LogP contribution in [-0.4, -0.2) is 26.0 Å². The Morgan fingerprint density at radius 2 is 2.12 bits per heavy atom. The lowest BCUT2D eigenvalue weighted by Crippen LogP contribution is -2.19. The number of thiophene rings is 1. The summed E-state index contributed by atoms with van der Waals surface area (Å²) in [6.45, 7) is 4.21. The first-order valence-electron chi connectivity index (χ1n) is 8.79. The highest BCUT2D eigenvalue weighted by atomic mass is 32.2. The number of hydrogen-bond donors (Lipinski definition) is 1. The molecule has 0 aliphatic heterocycles. The van der Waals surface area contributed by atoms with Gasteiger partial charge in [-0.15, -0.1) is 11.3 Å². The Morgan fingerprint density at radius 1 is 1.27 bits per heavy atom. The molecule has 3 aromatic heterocycles. The number of nitrogens with one attached hydrogen (secondary N) is 1. The number of pyridine rings is 1. The number of Topliss-reactive ketones (excluding diaryl/α,β-unsaturated/α-hetero) is 1. The van der Waals surface area contributed by atoms with Crippen LogP contribution in [0, 0.1) is 0 Å². The number of rotatable bonds is 4. The maximum Gasteiger partial charge on any atom is 0.261 e. The van der Waals surface area contributed by atoms with Crippen LogP contribution in [0.15, 0.2) is 27.5 Å². The highest BCUT2D eigenvalue weighted by Crippen LogP contribution is 2.37. The molecule has 1 aliphatic carbocycles. The van der Waals surface area contributed by atoms with E-state index in [0.29, 0.717) is 39.0 Å². The third-order valence-corrected chi connectivity index (χ3v) is 6.70. The van der Waals surface area contributed by atoms with Crippen molar-refractivity contribution in [1.82, 2.24) is 15.0 Å². The van der Waals surface area contributed by atoms with Crippen molar-refractivity contribution in [2.45, 2.75) is 49.9 Å². The highest BCUT2D eigenvalue weighted by molar-refractivity contribution is 7.99. The van der Waals surface area contributed by atoms with Crippen LogP contribution < -0.4 is 5.56 Å². The van der Waals surface area contributed by atoms with E-state index in [-0.39, 0.29) is 11.3 Å². The number of aryl methyl sites for hydroxylation is 1. The quantitative estimate of drug-likeness (QED) is 0.530. The van der Waals surface area contributed by atoms with E-state index >= 15 is 0 Å². The zero-order valence-corrected chi connectivity index (χ0v) is 16.3. The maximum atomic E-state index is 12.9. The molecule has 1 atom stereocenters. The maximum absolute atomic E-state index is 12.9. The number of aromatic amines is 1. The molecule has 26 heavy (non-hydrogen) atoms. The summed E-state index contributed by atoms with van der Waals surface area (Å²) in [6, 6.07) is 3.88. The second kappa shape index (κ2) is 6.96. The van der Waals surface area contributed by atoms with Crippen molar-refractivity contribution in [3.8, 4) is 10.4 Å². The lowest BCUT2D eigenvalue weighted by molar-refractivity contribution is 0.0972. The summed E-state index contributed by atoms with van der Waals surface area (Å²) in [7, 11) is 0. The van der Waals surface area contributed by atoms with E-state index in [4.69, 9.17) is 0 Å². The zero-order valence-electron chi connectivity index (χ0n) is 14.7. The molecule has 3 heterocycles. The van der Waals surface area contributed by atoms with Gasteiger partial charge in [0, 0.05) is 27.7 Å². The lowest BCUT2D eigenvalue weighted by atomic mass is 9.89. The summed E-state index contributed by atoms with van der Waals surface area (Å²) >= 11 is 3.07. The summed E-state index contributed by atoms with van der Waals surface area (Å²) in [6.07, 6.45) is 3.04. The van der Waals surface area contributed by atoms with Gasteiger partial charge in [0.1, 0.15) is 0 Å². The van der Waals surface area contributed by atoms with Crippen molar-refractivity contribution in [3.63, 3.8) is 0 Å². The molecule has 7 heteroatoms. The van der Waals surface area contributed by atoms with Crippen LogP contribution in [0.1, 0.15) is 49.2 Å². The molecule has 1 unspecified atom stereocenters. The van der Waals surface area contributed by atoms with Crippen LogP contribution >= 0.6 is 23.1 Å². The Morgan fingerprint density at radius 3 is 2.85 bits per heavy atom. The number of fused-ring (bicyclic) bond motifs is 2. The molecule has 4 rings (SSSR count). The monoisotopic (exact) mass is 385 g/mol. The standard InChI is InChI=1S/C19H19N3O2S2/c1-3-10(2)26-19-21-17-16(18(24)22-19)15(13-8-5-9-25-13)14-11(20-17)6-4-7-12(14)23/h5,8-10H,3-4,6-7H2,1-2H3,(H,20,21,22,24). The van der Waals surface area contributed by atoms with Gasteiger partial charge in [-0.1, -0.05) is 31.7 Å². The third kappa shape index (κ3) is 2.99. The minimum atomic E-state index is -0.224. The van der Waals surface area contributed by atoms with Crippen LogP contribution in [0.2, 0.25) is 0 Å². The van der Waals surface area contributed by atoms with Gasteiger partial charge in [-0.25, -0.2) is 9.97 Å². The van der Waals surface area contributed by atoms with Crippen molar-refractivity contribution in [1.29, 1.82) is 0 Å². The Labute approximate surface area is 159 Å². The van der Waals surface area contributed by atoms with Crippen molar-refractivity contribution in [2.75, 3.05) is 0 Å². The Balaban J connectivity index is 2.03. The molecule has 0 spiro atoms. The number of H-pyrrole nitrogens is 1. The molecule has 1 aliphatic rings. The van der Waals surface area contributed by atoms with E-state index in [0.717, 1.165) is 29.8 Å². The first kappa shape index (κ1) is 17.4. The average molecular weight is 386 g/mol. The van der Waals surface area contributed by atoms with Gasteiger partial charge >= 0.3 is 0 Å². The van der Waals surface area contributed by atoms with Crippen LogP contribution in [-0.2, 0) is 6.42 Å². The van der Waals surface area contributed by atoms with Crippen molar-refractivity contribution < 1.29 is 4.79 Å². The summed E-state index contributed by atoms with van der Waals surface area (Å²) in [5.41, 5.74) is 2.31. The molecule has 134 valence electrons. The van der Waals surface area contributed by atoms with Gasteiger partial charge in [-0.05, 0) is 30.7 Å². The zero-order chi connectivity index (χ0) is 18.3. The molecule has 0 radical (unpaired) electrons. The molecular weight excluding hydrogens is 366 g/mol. The fourth-order valence-electron chi connectivity index (χ4n) is 3.22. The fourth-order valence-corrected chi connectivity index (χ4v) is 4.84. The number of aromatic nitrogens is 3. The second-order valence-electron chi connectivity index (χ2n) is 6.47. The minimum Gasteiger partial charge on any atom is -0.301 e. The van der Waals surface area contributed by atoms with E-state index < -0.39 is 0 Å².